The second-order valence-corrected chi connectivity index (χ2v) is 3.62. The van der Waals surface area contributed by atoms with Gasteiger partial charge >= 0.3 is 0 Å². The fourth-order valence-corrected chi connectivity index (χ4v) is 1.82. The molecule has 1 aromatic rings. The van der Waals surface area contributed by atoms with E-state index in [0.29, 0.717) is 0 Å². The van der Waals surface area contributed by atoms with Gasteiger partial charge in [0, 0.05) is 4.53 Å². The Balaban J connectivity index is 3.36. The fraction of sp³-hybridized carbons (Fsp3) is 0.444. The molecule has 0 aromatic carbocycles. The van der Waals surface area contributed by atoms with Gasteiger partial charge in [-0.3, -0.25) is 0 Å². The first-order chi connectivity index (χ1) is 5.27. The van der Waals surface area contributed by atoms with Crippen molar-refractivity contribution in [3.63, 3.8) is 0 Å². The summed E-state index contributed by atoms with van der Waals surface area (Å²) in [5.41, 5.74) is 0. The van der Waals surface area contributed by atoms with Crippen molar-refractivity contribution in [3.8, 4) is 0 Å². The molecular formula is C9H13NS. The Kier molecular flexibility index (Phi) is 2.83. The lowest BCUT2D eigenvalue weighted by molar-refractivity contribution is 1.19. The minimum atomic E-state index is 1.06. The van der Waals surface area contributed by atoms with E-state index in [2.05, 4.69) is 31.0 Å². The van der Waals surface area contributed by atoms with Crippen LogP contribution >= 0.6 is 11.3 Å². The number of nitrogens with zero attached hydrogens (tertiary/aromatic N) is 1. The van der Waals surface area contributed by atoms with Crippen LogP contribution in [0.3, 0.4) is 0 Å². The third kappa shape index (κ3) is 1.90. The molecule has 11 heavy (non-hydrogen) atoms. The molecule has 0 radical (unpaired) electrons. The van der Waals surface area contributed by atoms with Gasteiger partial charge in [-0.2, -0.15) is 0 Å². The molecule has 1 nitrogen and oxygen atoms in total. The summed E-state index contributed by atoms with van der Waals surface area (Å²) in [4.78, 5) is 4.40. The maximum atomic E-state index is 4.40. The van der Waals surface area contributed by atoms with Crippen molar-refractivity contribution in [2.75, 3.05) is 0 Å². The summed E-state index contributed by atoms with van der Waals surface area (Å²) < 4.78 is 1.30. The maximum Gasteiger partial charge on any atom is 0.0907 e. The van der Waals surface area contributed by atoms with Crippen LogP contribution in [-0.4, -0.2) is 4.98 Å². The Morgan fingerprint density at radius 3 is 2.82 bits per heavy atom. The third-order valence-electron chi connectivity index (χ3n) is 1.45. The Hall–Kier alpha value is -0.630. The summed E-state index contributed by atoms with van der Waals surface area (Å²) >= 11 is 1.76. The van der Waals surface area contributed by atoms with Crippen LogP contribution in [0.1, 0.15) is 25.3 Å². The predicted octanol–water partition coefficient (Wildman–Crippen LogP) is 1.44. The van der Waals surface area contributed by atoms with Crippen LogP contribution in [0, 0.1) is 6.92 Å². The van der Waals surface area contributed by atoms with Crippen LogP contribution in [0.4, 0.5) is 0 Å². The average molecular weight is 167 g/mol. The van der Waals surface area contributed by atoms with Crippen molar-refractivity contribution < 1.29 is 0 Å². The molecular weight excluding hydrogens is 154 g/mol. The quantitative estimate of drug-likeness (QED) is 0.617. The van der Waals surface area contributed by atoms with Crippen molar-refractivity contribution in [2.45, 2.75) is 27.2 Å². The van der Waals surface area contributed by atoms with Crippen molar-refractivity contribution in [2.24, 2.45) is 0 Å². The SMILES string of the molecule is C/C=c1/sc(C)n/c1=C/CC. The van der Waals surface area contributed by atoms with E-state index in [1.165, 1.54) is 4.53 Å². The van der Waals surface area contributed by atoms with Crippen LogP contribution in [0.5, 0.6) is 0 Å². The average Bonchev–Trinajstić information content (AvgIpc) is 2.32. The van der Waals surface area contributed by atoms with Gasteiger partial charge in [0.15, 0.2) is 0 Å². The van der Waals surface area contributed by atoms with Gasteiger partial charge in [0.05, 0.1) is 10.4 Å². The molecule has 0 saturated carbocycles. The lowest BCUT2D eigenvalue weighted by Gasteiger charge is -1.74. The molecule has 0 fully saturated rings. The minimum Gasteiger partial charge on any atom is -0.242 e. The van der Waals surface area contributed by atoms with Gasteiger partial charge in [-0.05, 0) is 20.3 Å². The highest BCUT2D eigenvalue weighted by Gasteiger charge is 1.90. The highest BCUT2D eigenvalue weighted by atomic mass is 32.1. The number of hydrogen-bond donors (Lipinski definition) is 0. The zero-order chi connectivity index (χ0) is 8.27. The van der Waals surface area contributed by atoms with E-state index >= 15 is 0 Å². The highest BCUT2D eigenvalue weighted by Crippen LogP contribution is 1.90. The Morgan fingerprint density at radius 1 is 1.55 bits per heavy atom. The number of hydrogen-bond acceptors (Lipinski definition) is 2. The first-order valence-corrected chi connectivity index (χ1v) is 4.69. The highest BCUT2D eigenvalue weighted by molar-refractivity contribution is 7.09. The van der Waals surface area contributed by atoms with Gasteiger partial charge in [0.2, 0.25) is 0 Å². The van der Waals surface area contributed by atoms with E-state index in [1.54, 1.807) is 11.3 Å². The van der Waals surface area contributed by atoms with Gasteiger partial charge < -0.3 is 0 Å². The molecule has 0 N–H and O–H groups in total. The smallest absolute Gasteiger partial charge is 0.0907 e. The second-order valence-electron chi connectivity index (χ2n) is 2.38. The molecule has 0 spiro atoms. The van der Waals surface area contributed by atoms with Gasteiger partial charge in [-0.15, -0.1) is 11.3 Å². The number of aryl methyl sites for hydroxylation is 1. The second kappa shape index (κ2) is 3.67. The molecule has 0 aliphatic heterocycles. The molecule has 0 saturated heterocycles. The Bertz CT molecular complexity index is 335. The largest absolute Gasteiger partial charge is 0.242 e. The Morgan fingerprint density at radius 2 is 2.27 bits per heavy atom. The van der Waals surface area contributed by atoms with Gasteiger partial charge in [-0.25, -0.2) is 4.98 Å². The molecule has 0 unspecified atom stereocenters. The fourth-order valence-electron chi connectivity index (χ4n) is 1.01. The van der Waals surface area contributed by atoms with Crippen molar-refractivity contribution >= 4 is 23.5 Å². The lowest BCUT2D eigenvalue weighted by atomic mass is 10.4. The van der Waals surface area contributed by atoms with Crippen LogP contribution in [0.2, 0.25) is 0 Å². The predicted molar refractivity (Wildman–Crippen MR) is 51.0 cm³/mol. The maximum absolute atomic E-state index is 4.40. The van der Waals surface area contributed by atoms with Crippen molar-refractivity contribution in [1.82, 2.24) is 4.98 Å². The van der Waals surface area contributed by atoms with E-state index in [9.17, 15) is 0 Å². The van der Waals surface area contributed by atoms with Gasteiger partial charge in [0.1, 0.15) is 0 Å². The van der Waals surface area contributed by atoms with Crippen LogP contribution < -0.4 is 9.88 Å². The normalized spacial score (nSPS) is 14.5. The molecule has 1 rings (SSSR count). The standard InChI is InChI=1S/C9H13NS/c1-4-6-8-9(5-2)11-7(3)10-8/h5-6H,4H2,1-3H3/b8-6+,9-5+. The van der Waals surface area contributed by atoms with Gasteiger partial charge in [-0.1, -0.05) is 19.1 Å². The molecule has 60 valence electrons. The zero-order valence-corrected chi connectivity index (χ0v) is 8.03. The van der Waals surface area contributed by atoms with E-state index in [1.807, 2.05) is 6.92 Å². The summed E-state index contributed by atoms with van der Waals surface area (Å²) in [6.45, 7) is 6.23. The van der Waals surface area contributed by atoms with E-state index in [-0.39, 0.29) is 0 Å². The van der Waals surface area contributed by atoms with E-state index < -0.39 is 0 Å². The Labute approximate surface area is 71.1 Å². The molecule has 2 heteroatoms. The molecule has 0 atom stereocenters. The molecule has 0 aliphatic rings. The molecule has 0 bridgehead atoms. The lowest BCUT2D eigenvalue weighted by Crippen LogP contribution is -2.19. The summed E-state index contributed by atoms with van der Waals surface area (Å²) in [6.07, 6.45) is 5.34. The monoisotopic (exact) mass is 167 g/mol. The first kappa shape index (κ1) is 8.47. The third-order valence-corrected chi connectivity index (χ3v) is 2.50. The van der Waals surface area contributed by atoms with Gasteiger partial charge in [0.25, 0.3) is 0 Å². The zero-order valence-electron chi connectivity index (χ0n) is 7.22. The first-order valence-electron chi connectivity index (χ1n) is 3.88. The molecule has 1 heterocycles. The molecule has 0 amide bonds. The number of thiazole rings is 1. The number of rotatable bonds is 1. The summed E-state index contributed by atoms with van der Waals surface area (Å²) in [6, 6.07) is 0. The van der Waals surface area contributed by atoms with E-state index in [0.717, 1.165) is 16.8 Å². The van der Waals surface area contributed by atoms with Crippen molar-refractivity contribution in [1.29, 1.82) is 0 Å². The minimum absolute atomic E-state index is 1.06. The molecule has 1 aromatic heterocycles. The van der Waals surface area contributed by atoms with E-state index in [4.69, 9.17) is 0 Å². The van der Waals surface area contributed by atoms with Crippen LogP contribution in [-0.2, 0) is 0 Å². The summed E-state index contributed by atoms with van der Waals surface area (Å²) in [5.74, 6) is 0. The summed E-state index contributed by atoms with van der Waals surface area (Å²) in [7, 11) is 0. The van der Waals surface area contributed by atoms with Crippen LogP contribution in [0.15, 0.2) is 0 Å². The van der Waals surface area contributed by atoms with Crippen LogP contribution in [0.25, 0.3) is 12.2 Å². The van der Waals surface area contributed by atoms with Crippen molar-refractivity contribution in [3.05, 3.63) is 14.9 Å². The summed E-state index contributed by atoms with van der Waals surface area (Å²) in [5, 5.41) is 2.30. The molecule has 0 aliphatic carbocycles. The number of aromatic nitrogens is 1. The topological polar surface area (TPSA) is 12.9 Å².